The van der Waals surface area contributed by atoms with Crippen LogP contribution in [0.3, 0.4) is 0 Å². The first-order valence-corrected chi connectivity index (χ1v) is 9.22. The van der Waals surface area contributed by atoms with E-state index >= 15 is 0 Å². The fourth-order valence-electron chi connectivity index (χ4n) is 3.50. The van der Waals surface area contributed by atoms with Gasteiger partial charge in [0, 0.05) is 23.4 Å². The molecule has 2 aromatic carbocycles. The molecule has 1 saturated heterocycles. The maximum Gasteiger partial charge on any atom is 0.325 e. The Bertz CT molecular complexity index is 826. The van der Waals surface area contributed by atoms with Crippen LogP contribution in [0.15, 0.2) is 48.5 Å². The van der Waals surface area contributed by atoms with Crippen molar-refractivity contribution in [1.82, 2.24) is 10.2 Å². The second-order valence-corrected chi connectivity index (χ2v) is 6.60. The third-order valence-corrected chi connectivity index (χ3v) is 4.79. The van der Waals surface area contributed by atoms with Crippen LogP contribution in [0.5, 0.6) is 11.5 Å². The van der Waals surface area contributed by atoms with Crippen LogP contribution in [0.25, 0.3) is 0 Å². The van der Waals surface area contributed by atoms with E-state index in [2.05, 4.69) is 15.5 Å². The molecular formula is C21H25N3O4. The van der Waals surface area contributed by atoms with E-state index < -0.39 is 6.03 Å². The Morgan fingerprint density at radius 3 is 2.61 bits per heavy atom. The Morgan fingerprint density at radius 1 is 1.11 bits per heavy atom. The Morgan fingerprint density at radius 2 is 1.89 bits per heavy atom. The number of para-hydroxylation sites is 1. The van der Waals surface area contributed by atoms with Gasteiger partial charge in [0.1, 0.15) is 11.5 Å². The van der Waals surface area contributed by atoms with Crippen molar-refractivity contribution in [3.63, 3.8) is 0 Å². The monoisotopic (exact) mass is 383 g/mol. The maximum absolute atomic E-state index is 12.4. The van der Waals surface area contributed by atoms with Gasteiger partial charge in [0.2, 0.25) is 5.91 Å². The average molecular weight is 383 g/mol. The van der Waals surface area contributed by atoms with Gasteiger partial charge < -0.3 is 14.8 Å². The molecule has 1 fully saturated rings. The summed E-state index contributed by atoms with van der Waals surface area (Å²) >= 11 is 0. The van der Waals surface area contributed by atoms with Gasteiger partial charge in [0.25, 0.3) is 0 Å². The van der Waals surface area contributed by atoms with Crippen molar-refractivity contribution in [3.8, 4) is 11.5 Å². The SMILES string of the molecule is COc1ccc(C2CCCN2CC(=O)NC(=O)Nc2ccccc2)c(OC)c1. The number of rotatable bonds is 6. The van der Waals surface area contributed by atoms with E-state index in [1.54, 1.807) is 26.4 Å². The molecule has 0 aromatic heterocycles. The number of likely N-dealkylation sites (tertiary alicyclic amines) is 1. The van der Waals surface area contributed by atoms with Crippen LogP contribution in [-0.4, -0.2) is 44.1 Å². The predicted molar refractivity (Wildman–Crippen MR) is 107 cm³/mol. The first-order chi connectivity index (χ1) is 13.6. The Balaban J connectivity index is 1.62. The van der Waals surface area contributed by atoms with Crippen LogP contribution in [0.1, 0.15) is 24.4 Å². The largest absolute Gasteiger partial charge is 0.497 e. The molecule has 1 aliphatic heterocycles. The van der Waals surface area contributed by atoms with E-state index in [9.17, 15) is 9.59 Å². The van der Waals surface area contributed by atoms with Gasteiger partial charge >= 0.3 is 6.03 Å². The van der Waals surface area contributed by atoms with E-state index in [1.165, 1.54) is 0 Å². The lowest BCUT2D eigenvalue weighted by atomic mass is 10.0. The van der Waals surface area contributed by atoms with Crippen LogP contribution in [0.4, 0.5) is 10.5 Å². The molecule has 148 valence electrons. The van der Waals surface area contributed by atoms with E-state index in [1.807, 2.05) is 36.4 Å². The van der Waals surface area contributed by atoms with Crippen molar-refractivity contribution in [2.75, 3.05) is 32.6 Å². The van der Waals surface area contributed by atoms with Gasteiger partial charge in [-0.3, -0.25) is 15.0 Å². The zero-order valence-electron chi connectivity index (χ0n) is 16.1. The van der Waals surface area contributed by atoms with Crippen molar-refractivity contribution < 1.29 is 19.1 Å². The number of benzene rings is 2. The zero-order chi connectivity index (χ0) is 19.9. The molecule has 3 rings (SSSR count). The molecule has 0 saturated carbocycles. The van der Waals surface area contributed by atoms with Gasteiger partial charge in [0.15, 0.2) is 0 Å². The highest BCUT2D eigenvalue weighted by atomic mass is 16.5. The Labute approximate surface area is 164 Å². The van der Waals surface area contributed by atoms with Gasteiger partial charge in [-0.05, 0) is 37.6 Å². The average Bonchev–Trinajstić information content (AvgIpc) is 3.15. The Kier molecular flexibility index (Phi) is 6.49. The number of anilines is 1. The van der Waals surface area contributed by atoms with Crippen LogP contribution < -0.4 is 20.1 Å². The topological polar surface area (TPSA) is 79.9 Å². The summed E-state index contributed by atoms with van der Waals surface area (Å²) in [6, 6.07) is 14.2. The number of ether oxygens (including phenoxy) is 2. The van der Waals surface area contributed by atoms with Gasteiger partial charge in [-0.1, -0.05) is 24.3 Å². The van der Waals surface area contributed by atoms with Crippen molar-refractivity contribution in [2.24, 2.45) is 0 Å². The first kappa shape index (κ1) is 19.7. The molecule has 3 amide bonds. The summed E-state index contributed by atoms with van der Waals surface area (Å²) in [5.74, 6) is 1.12. The van der Waals surface area contributed by atoms with E-state index in [4.69, 9.17) is 9.47 Å². The molecule has 1 atom stereocenters. The lowest BCUT2D eigenvalue weighted by Crippen LogP contribution is -2.41. The summed E-state index contributed by atoms with van der Waals surface area (Å²) in [6.45, 7) is 0.926. The number of urea groups is 1. The number of methoxy groups -OCH3 is 2. The smallest absolute Gasteiger partial charge is 0.325 e. The highest BCUT2D eigenvalue weighted by Gasteiger charge is 2.30. The fourth-order valence-corrected chi connectivity index (χ4v) is 3.50. The van der Waals surface area contributed by atoms with Gasteiger partial charge in [0.05, 0.1) is 20.8 Å². The summed E-state index contributed by atoms with van der Waals surface area (Å²) in [7, 11) is 3.24. The number of imide groups is 1. The number of carbonyl (C=O) groups excluding carboxylic acids is 2. The molecule has 2 N–H and O–H groups in total. The van der Waals surface area contributed by atoms with Gasteiger partial charge in [-0.2, -0.15) is 0 Å². The normalized spacial score (nSPS) is 16.4. The number of hydrogen-bond acceptors (Lipinski definition) is 5. The molecule has 0 bridgehead atoms. The summed E-state index contributed by atoms with van der Waals surface area (Å²) < 4.78 is 10.8. The summed E-state index contributed by atoms with van der Waals surface area (Å²) in [5.41, 5.74) is 1.65. The molecule has 1 aliphatic rings. The summed E-state index contributed by atoms with van der Waals surface area (Å²) in [5, 5.41) is 5.04. The highest BCUT2D eigenvalue weighted by Crippen LogP contribution is 2.38. The third-order valence-electron chi connectivity index (χ3n) is 4.79. The van der Waals surface area contributed by atoms with Crippen LogP contribution >= 0.6 is 0 Å². The van der Waals surface area contributed by atoms with Crippen molar-refractivity contribution >= 4 is 17.6 Å². The fraction of sp³-hybridized carbons (Fsp3) is 0.333. The zero-order valence-corrected chi connectivity index (χ0v) is 16.1. The minimum Gasteiger partial charge on any atom is -0.497 e. The highest BCUT2D eigenvalue weighted by molar-refractivity contribution is 6.01. The van der Waals surface area contributed by atoms with E-state index in [0.717, 1.165) is 36.4 Å². The molecule has 1 unspecified atom stereocenters. The molecule has 0 radical (unpaired) electrons. The van der Waals surface area contributed by atoms with Crippen LogP contribution in [-0.2, 0) is 4.79 Å². The minimum absolute atomic E-state index is 0.0591. The molecule has 28 heavy (non-hydrogen) atoms. The molecule has 0 aliphatic carbocycles. The number of nitrogens with zero attached hydrogens (tertiary/aromatic N) is 1. The molecule has 1 heterocycles. The van der Waals surface area contributed by atoms with Gasteiger partial charge in [-0.25, -0.2) is 4.79 Å². The second kappa shape index (κ2) is 9.23. The molecule has 7 heteroatoms. The van der Waals surface area contributed by atoms with Crippen molar-refractivity contribution in [2.45, 2.75) is 18.9 Å². The summed E-state index contributed by atoms with van der Waals surface area (Å²) in [4.78, 5) is 26.5. The molecular weight excluding hydrogens is 358 g/mol. The minimum atomic E-state index is -0.533. The van der Waals surface area contributed by atoms with E-state index in [0.29, 0.717) is 5.69 Å². The number of carbonyl (C=O) groups is 2. The molecule has 0 spiro atoms. The second-order valence-electron chi connectivity index (χ2n) is 6.60. The quantitative estimate of drug-likeness (QED) is 0.801. The van der Waals surface area contributed by atoms with Crippen molar-refractivity contribution in [1.29, 1.82) is 0 Å². The lowest BCUT2D eigenvalue weighted by molar-refractivity contribution is -0.121. The van der Waals surface area contributed by atoms with Gasteiger partial charge in [-0.15, -0.1) is 0 Å². The standard InChI is InChI=1S/C21H25N3O4/c1-27-16-10-11-17(19(13-16)28-2)18-9-6-12-24(18)14-20(25)23-21(26)22-15-7-4-3-5-8-15/h3-5,7-8,10-11,13,18H,6,9,12,14H2,1-2H3,(H2,22,23,25,26). The van der Waals surface area contributed by atoms with Crippen LogP contribution in [0.2, 0.25) is 0 Å². The lowest BCUT2D eigenvalue weighted by Gasteiger charge is -2.25. The number of nitrogens with one attached hydrogen (secondary N) is 2. The molecule has 7 nitrogen and oxygen atoms in total. The Hall–Kier alpha value is -3.06. The first-order valence-electron chi connectivity index (χ1n) is 9.22. The van der Waals surface area contributed by atoms with E-state index in [-0.39, 0.29) is 18.5 Å². The number of hydrogen-bond donors (Lipinski definition) is 2. The van der Waals surface area contributed by atoms with Crippen LogP contribution in [0, 0.1) is 0 Å². The maximum atomic E-state index is 12.4. The molecule has 2 aromatic rings. The summed E-state index contributed by atoms with van der Waals surface area (Å²) in [6.07, 6.45) is 1.90. The third kappa shape index (κ3) is 4.80. The van der Waals surface area contributed by atoms with Crippen molar-refractivity contribution in [3.05, 3.63) is 54.1 Å². The predicted octanol–water partition coefficient (Wildman–Crippen LogP) is 3.19. The number of amides is 3.